The number of hydrogen-bond acceptors (Lipinski definition) is 4. The zero-order valence-electron chi connectivity index (χ0n) is 10.8. The first-order valence-corrected chi connectivity index (χ1v) is 5.87. The highest BCUT2D eigenvalue weighted by molar-refractivity contribution is 8.93. The molecule has 0 aliphatic rings. The molecule has 0 saturated carbocycles. The largest absolute Gasteiger partial charge is 0.464 e. The molecule has 1 amide bonds. The van der Waals surface area contributed by atoms with E-state index in [-0.39, 0.29) is 36.0 Å². The first-order chi connectivity index (χ1) is 8.67. The number of ether oxygens (including phenoxy) is 1. The van der Waals surface area contributed by atoms with Gasteiger partial charge in [0.15, 0.2) is 0 Å². The minimum Gasteiger partial charge on any atom is -0.464 e. The average molecular weight is 331 g/mol. The van der Waals surface area contributed by atoms with Crippen molar-refractivity contribution in [2.75, 3.05) is 13.2 Å². The number of nitrogens with one attached hydrogen (secondary N) is 1. The zero-order valence-corrected chi connectivity index (χ0v) is 12.5. The van der Waals surface area contributed by atoms with Crippen LogP contribution in [-0.4, -0.2) is 31.1 Å². The van der Waals surface area contributed by atoms with Gasteiger partial charge in [-0.1, -0.05) is 30.3 Å². The maximum atomic E-state index is 11.7. The molecule has 0 radical (unpaired) electrons. The number of hydrogen-bond donors (Lipinski definition) is 2. The van der Waals surface area contributed by atoms with Crippen LogP contribution in [0.15, 0.2) is 30.3 Å². The van der Waals surface area contributed by atoms with Gasteiger partial charge < -0.3 is 15.8 Å². The second-order valence-electron chi connectivity index (χ2n) is 3.77. The van der Waals surface area contributed by atoms with Crippen LogP contribution in [0, 0.1) is 0 Å². The average Bonchev–Trinajstić information content (AvgIpc) is 2.39. The summed E-state index contributed by atoms with van der Waals surface area (Å²) in [6, 6.07) is 8.73. The summed E-state index contributed by atoms with van der Waals surface area (Å²) in [5.41, 5.74) is 6.18. The Labute approximate surface area is 123 Å². The van der Waals surface area contributed by atoms with Gasteiger partial charge in [0, 0.05) is 6.42 Å². The van der Waals surface area contributed by atoms with Crippen LogP contribution in [0.3, 0.4) is 0 Å². The van der Waals surface area contributed by atoms with Gasteiger partial charge in [-0.3, -0.25) is 4.79 Å². The predicted molar refractivity (Wildman–Crippen MR) is 78.1 cm³/mol. The molecule has 0 heterocycles. The SMILES string of the molecule is Br.CCOC(=O)C(Cc1ccccc1)NC(=O)CN. The molecule has 1 atom stereocenters. The molecule has 0 aliphatic heterocycles. The third-order valence-electron chi connectivity index (χ3n) is 2.37. The van der Waals surface area contributed by atoms with Crippen molar-refractivity contribution in [3.63, 3.8) is 0 Å². The van der Waals surface area contributed by atoms with Crippen LogP contribution in [0.4, 0.5) is 0 Å². The van der Waals surface area contributed by atoms with Gasteiger partial charge in [-0.2, -0.15) is 0 Å². The molecule has 0 saturated heterocycles. The molecule has 1 aromatic carbocycles. The highest BCUT2D eigenvalue weighted by Crippen LogP contribution is 2.04. The second kappa shape index (κ2) is 9.52. The lowest BCUT2D eigenvalue weighted by Crippen LogP contribution is -2.45. The van der Waals surface area contributed by atoms with Crippen LogP contribution < -0.4 is 11.1 Å². The topological polar surface area (TPSA) is 81.4 Å². The van der Waals surface area contributed by atoms with Gasteiger partial charge in [-0.15, -0.1) is 17.0 Å². The molecule has 19 heavy (non-hydrogen) atoms. The Hall–Kier alpha value is -1.40. The van der Waals surface area contributed by atoms with E-state index in [1.807, 2.05) is 30.3 Å². The molecule has 1 rings (SSSR count). The van der Waals surface area contributed by atoms with Crippen molar-refractivity contribution in [1.29, 1.82) is 0 Å². The summed E-state index contributed by atoms with van der Waals surface area (Å²) < 4.78 is 4.93. The summed E-state index contributed by atoms with van der Waals surface area (Å²) in [6.45, 7) is 1.86. The lowest BCUT2D eigenvalue weighted by molar-refractivity contribution is -0.147. The van der Waals surface area contributed by atoms with E-state index in [9.17, 15) is 9.59 Å². The smallest absolute Gasteiger partial charge is 0.328 e. The van der Waals surface area contributed by atoms with E-state index < -0.39 is 12.0 Å². The second-order valence-corrected chi connectivity index (χ2v) is 3.77. The van der Waals surface area contributed by atoms with Crippen LogP contribution in [-0.2, 0) is 20.7 Å². The highest BCUT2D eigenvalue weighted by atomic mass is 79.9. The lowest BCUT2D eigenvalue weighted by Gasteiger charge is -2.16. The van der Waals surface area contributed by atoms with Crippen LogP contribution >= 0.6 is 17.0 Å². The highest BCUT2D eigenvalue weighted by Gasteiger charge is 2.21. The number of rotatable bonds is 6. The first kappa shape index (κ1) is 17.6. The summed E-state index contributed by atoms with van der Waals surface area (Å²) in [5, 5.41) is 2.56. The van der Waals surface area contributed by atoms with E-state index in [4.69, 9.17) is 10.5 Å². The molecule has 0 fully saturated rings. The minimum absolute atomic E-state index is 0. The van der Waals surface area contributed by atoms with Crippen molar-refractivity contribution in [3.8, 4) is 0 Å². The third kappa shape index (κ3) is 6.35. The predicted octanol–water partition coefficient (Wildman–Crippen LogP) is 0.814. The number of halogens is 1. The van der Waals surface area contributed by atoms with Crippen LogP contribution in [0.5, 0.6) is 0 Å². The summed E-state index contributed by atoms with van der Waals surface area (Å²) in [5.74, 6) is -0.813. The lowest BCUT2D eigenvalue weighted by atomic mass is 10.1. The third-order valence-corrected chi connectivity index (χ3v) is 2.37. The molecule has 0 bridgehead atoms. The van der Waals surface area contributed by atoms with Gasteiger partial charge >= 0.3 is 5.97 Å². The van der Waals surface area contributed by atoms with Gasteiger partial charge in [-0.25, -0.2) is 4.79 Å². The van der Waals surface area contributed by atoms with E-state index in [1.54, 1.807) is 6.92 Å². The fraction of sp³-hybridized carbons (Fsp3) is 0.385. The van der Waals surface area contributed by atoms with Crippen molar-refractivity contribution in [3.05, 3.63) is 35.9 Å². The van der Waals surface area contributed by atoms with E-state index >= 15 is 0 Å². The molecule has 0 spiro atoms. The van der Waals surface area contributed by atoms with E-state index in [2.05, 4.69) is 5.32 Å². The van der Waals surface area contributed by atoms with E-state index in [1.165, 1.54) is 0 Å². The fourth-order valence-electron chi connectivity index (χ4n) is 1.54. The number of amides is 1. The van der Waals surface area contributed by atoms with Crippen LogP contribution in [0.1, 0.15) is 12.5 Å². The molecular weight excluding hydrogens is 312 g/mol. The van der Waals surface area contributed by atoms with Crippen molar-refractivity contribution in [2.24, 2.45) is 5.73 Å². The standard InChI is InChI=1S/C13H18N2O3.BrH/c1-2-18-13(17)11(15-12(16)9-14)8-10-6-4-3-5-7-10;/h3-7,11H,2,8-9,14H2,1H3,(H,15,16);1H. The molecule has 106 valence electrons. The Morgan fingerprint density at radius 2 is 1.95 bits per heavy atom. The van der Waals surface area contributed by atoms with Gasteiger partial charge in [0.05, 0.1) is 13.2 Å². The monoisotopic (exact) mass is 330 g/mol. The molecule has 1 aromatic rings. The summed E-state index contributed by atoms with van der Waals surface area (Å²) in [4.78, 5) is 23.0. The van der Waals surface area contributed by atoms with Gasteiger partial charge in [0.2, 0.25) is 5.91 Å². The summed E-state index contributed by atoms with van der Waals surface area (Å²) in [6.07, 6.45) is 0.394. The maximum absolute atomic E-state index is 11.7. The van der Waals surface area contributed by atoms with Gasteiger partial charge in [-0.05, 0) is 12.5 Å². The zero-order chi connectivity index (χ0) is 13.4. The van der Waals surface area contributed by atoms with Crippen LogP contribution in [0.25, 0.3) is 0 Å². The number of nitrogens with two attached hydrogens (primary N) is 1. The normalized spacial score (nSPS) is 11.1. The quantitative estimate of drug-likeness (QED) is 0.756. The molecule has 6 heteroatoms. The number of carbonyl (C=O) groups excluding carboxylic acids is 2. The molecule has 3 N–H and O–H groups in total. The number of benzene rings is 1. The molecular formula is C13H19BrN2O3. The van der Waals surface area contributed by atoms with Crippen molar-refractivity contribution >= 4 is 28.9 Å². The Bertz CT molecular complexity index is 398. The maximum Gasteiger partial charge on any atom is 0.328 e. The summed E-state index contributed by atoms with van der Waals surface area (Å²) in [7, 11) is 0. The van der Waals surface area contributed by atoms with E-state index in [0.717, 1.165) is 5.56 Å². The van der Waals surface area contributed by atoms with Crippen molar-refractivity contribution in [1.82, 2.24) is 5.32 Å². The Morgan fingerprint density at radius 3 is 2.47 bits per heavy atom. The Balaban J connectivity index is 0.00000324. The Morgan fingerprint density at radius 1 is 1.32 bits per heavy atom. The molecule has 1 unspecified atom stereocenters. The number of esters is 1. The summed E-state index contributed by atoms with van der Waals surface area (Å²) >= 11 is 0. The van der Waals surface area contributed by atoms with Gasteiger partial charge in [0.1, 0.15) is 6.04 Å². The van der Waals surface area contributed by atoms with E-state index in [0.29, 0.717) is 6.42 Å². The number of carbonyl (C=O) groups is 2. The van der Waals surface area contributed by atoms with Crippen molar-refractivity contribution < 1.29 is 14.3 Å². The van der Waals surface area contributed by atoms with Crippen molar-refractivity contribution in [2.45, 2.75) is 19.4 Å². The molecule has 0 aromatic heterocycles. The van der Waals surface area contributed by atoms with Gasteiger partial charge in [0.25, 0.3) is 0 Å². The minimum atomic E-state index is -0.691. The fourth-order valence-corrected chi connectivity index (χ4v) is 1.54. The Kier molecular flexibility index (Phi) is 8.82. The first-order valence-electron chi connectivity index (χ1n) is 5.87. The van der Waals surface area contributed by atoms with Crippen LogP contribution in [0.2, 0.25) is 0 Å². The molecule has 5 nitrogen and oxygen atoms in total. The molecule has 0 aliphatic carbocycles.